The van der Waals surface area contributed by atoms with Crippen molar-refractivity contribution in [1.82, 2.24) is 4.57 Å². The lowest BCUT2D eigenvalue weighted by Crippen LogP contribution is -2.28. The summed E-state index contributed by atoms with van der Waals surface area (Å²) in [5, 5.41) is 9.37. The van der Waals surface area contributed by atoms with Gasteiger partial charge in [0, 0.05) is 4.88 Å². The quantitative estimate of drug-likeness (QED) is 0.333. The molecule has 2 aromatic carbocycles. The van der Waals surface area contributed by atoms with E-state index in [-0.39, 0.29) is 12.2 Å². The monoisotopic (exact) mass is 464 g/mol. The molecule has 7 heteroatoms. The Hall–Kier alpha value is -3.63. The van der Waals surface area contributed by atoms with Crippen molar-refractivity contribution in [3.63, 3.8) is 0 Å². The Morgan fingerprint density at radius 1 is 0.939 bits per heavy atom. The van der Waals surface area contributed by atoms with Crippen molar-refractivity contribution in [2.75, 3.05) is 0 Å². The number of nitrogens with zero attached hydrogens (tertiary/aromatic N) is 2. The first kappa shape index (κ1) is 22.6. The molecule has 4 rings (SSSR count). The van der Waals surface area contributed by atoms with E-state index in [0.717, 1.165) is 33.2 Å². The smallest absolute Gasteiger partial charge is 0.302 e. The van der Waals surface area contributed by atoms with Gasteiger partial charge in [-0.1, -0.05) is 59.7 Å². The second-order valence-corrected chi connectivity index (χ2v) is 8.92. The molecule has 0 atom stereocenters. The van der Waals surface area contributed by atoms with Crippen LogP contribution in [0.2, 0.25) is 0 Å². The molecule has 0 spiro atoms. The van der Waals surface area contributed by atoms with Crippen LogP contribution in [0, 0.1) is 25.2 Å². The summed E-state index contributed by atoms with van der Waals surface area (Å²) in [7, 11) is 0. The molecule has 0 bridgehead atoms. The van der Waals surface area contributed by atoms with Crippen LogP contribution >= 0.6 is 11.3 Å². The lowest BCUT2D eigenvalue weighted by atomic mass is 10.1. The van der Waals surface area contributed by atoms with Gasteiger partial charge in [-0.3, -0.25) is 4.79 Å². The van der Waals surface area contributed by atoms with Crippen molar-refractivity contribution < 1.29 is 13.2 Å². The summed E-state index contributed by atoms with van der Waals surface area (Å²) in [4.78, 5) is 14.5. The number of hydrogen-bond acceptors (Lipinski definition) is 3. The number of aromatic nitrogens is 1. The van der Waals surface area contributed by atoms with Crippen LogP contribution in [0.15, 0.2) is 71.5 Å². The van der Waals surface area contributed by atoms with Gasteiger partial charge in [0.1, 0.15) is 11.6 Å². The normalized spacial score (nSPS) is 11.4. The highest BCUT2D eigenvalue weighted by Crippen LogP contribution is 2.38. The molecule has 3 nitrogen and oxygen atoms in total. The number of benzene rings is 2. The molecule has 0 aliphatic heterocycles. The van der Waals surface area contributed by atoms with Crippen molar-refractivity contribution in [2.24, 2.45) is 0 Å². The summed E-state index contributed by atoms with van der Waals surface area (Å²) in [6.07, 6.45) is -4.82. The summed E-state index contributed by atoms with van der Waals surface area (Å²) < 4.78 is 42.5. The third kappa shape index (κ3) is 4.62. The minimum absolute atomic E-state index is 0.0545. The Morgan fingerprint density at radius 2 is 1.64 bits per heavy atom. The summed E-state index contributed by atoms with van der Waals surface area (Å²) in [6.45, 7) is 3.94. The fraction of sp³-hybridized carbons (Fsp3) is 0.154. The third-order valence-electron chi connectivity index (χ3n) is 5.34. The standard InChI is InChI=1S/C26H19F3N2OS/c1-16-6-8-18(9-7-16)15-31-22(13-21(26(27,28)29)20(14-30)25(31)32)24-11-10-23(33-24)19-5-3-4-17(2)12-19/h3-13H,15H2,1-2H3. The highest BCUT2D eigenvalue weighted by Gasteiger charge is 2.36. The van der Waals surface area contributed by atoms with E-state index < -0.39 is 22.9 Å². The molecule has 4 aromatic rings. The molecule has 166 valence electrons. The Bertz CT molecular complexity index is 1420. The number of nitriles is 1. The van der Waals surface area contributed by atoms with E-state index in [1.54, 1.807) is 6.07 Å². The highest BCUT2D eigenvalue weighted by atomic mass is 32.1. The fourth-order valence-corrected chi connectivity index (χ4v) is 4.67. The van der Waals surface area contributed by atoms with Gasteiger partial charge < -0.3 is 4.57 Å². The summed E-state index contributed by atoms with van der Waals surface area (Å²) in [5.74, 6) is 0. The maximum absolute atomic E-state index is 13.7. The van der Waals surface area contributed by atoms with E-state index in [4.69, 9.17) is 0 Å². The third-order valence-corrected chi connectivity index (χ3v) is 6.50. The minimum Gasteiger partial charge on any atom is -0.302 e. The first-order chi connectivity index (χ1) is 15.7. The highest BCUT2D eigenvalue weighted by molar-refractivity contribution is 7.18. The summed E-state index contributed by atoms with van der Waals surface area (Å²) in [6, 6.07) is 21.1. The molecular formula is C26H19F3N2OS. The van der Waals surface area contributed by atoms with Gasteiger partial charge in [0.2, 0.25) is 0 Å². The van der Waals surface area contributed by atoms with Crippen molar-refractivity contribution in [2.45, 2.75) is 26.6 Å². The van der Waals surface area contributed by atoms with Gasteiger partial charge in [-0.2, -0.15) is 18.4 Å². The number of rotatable bonds is 4. The molecule has 0 fully saturated rings. The Balaban J connectivity index is 1.92. The fourth-order valence-electron chi connectivity index (χ4n) is 3.64. The summed E-state index contributed by atoms with van der Waals surface area (Å²) in [5.41, 5.74) is 0.870. The van der Waals surface area contributed by atoms with Gasteiger partial charge in [-0.25, -0.2) is 0 Å². The van der Waals surface area contributed by atoms with E-state index in [0.29, 0.717) is 4.88 Å². The second-order valence-electron chi connectivity index (χ2n) is 7.84. The Kier molecular flexibility index (Phi) is 5.96. The number of thiophene rings is 1. The number of aryl methyl sites for hydroxylation is 2. The van der Waals surface area contributed by atoms with Crippen LogP contribution in [0.25, 0.3) is 21.0 Å². The van der Waals surface area contributed by atoms with Gasteiger partial charge in [-0.15, -0.1) is 11.3 Å². The van der Waals surface area contributed by atoms with Crippen LogP contribution in [-0.2, 0) is 12.7 Å². The van der Waals surface area contributed by atoms with Crippen molar-refractivity contribution >= 4 is 11.3 Å². The molecule has 0 aliphatic carbocycles. The van der Waals surface area contributed by atoms with Gasteiger partial charge in [-0.05, 0) is 43.2 Å². The lowest BCUT2D eigenvalue weighted by Gasteiger charge is -2.17. The van der Waals surface area contributed by atoms with Crippen LogP contribution in [0.5, 0.6) is 0 Å². The molecule has 0 saturated carbocycles. The Morgan fingerprint density at radius 3 is 2.27 bits per heavy atom. The van der Waals surface area contributed by atoms with Crippen LogP contribution in [0.4, 0.5) is 13.2 Å². The van der Waals surface area contributed by atoms with Crippen molar-refractivity contribution in [3.05, 3.63) is 105 Å². The zero-order valence-corrected chi connectivity index (χ0v) is 18.7. The molecule has 0 saturated heterocycles. The molecule has 0 amide bonds. The van der Waals surface area contributed by atoms with Crippen molar-refractivity contribution in [3.8, 4) is 27.1 Å². The van der Waals surface area contributed by atoms with E-state index >= 15 is 0 Å². The SMILES string of the molecule is Cc1ccc(Cn2c(-c3ccc(-c4cccc(C)c4)s3)cc(C(F)(F)F)c(C#N)c2=O)cc1. The number of hydrogen-bond donors (Lipinski definition) is 0. The maximum Gasteiger partial charge on any atom is 0.417 e. The number of halogens is 3. The first-order valence-electron chi connectivity index (χ1n) is 10.2. The number of alkyl halides is 3. The number of pyridine rings is 1. The molecule has 0 N–H and O–H groups in total. The van der Waals surface area contributed by atoms with Crippen molar-refractivity contribution in [1.29, 1.82) is 5.26 Å². The van der Waals surface area contributed by atoms with Crippen LogP contribution < -0.4 is 5.56 Å². The largest absolute Gasteiger partial charge is 0.417 e. The molecule has 33 heavy (non-hydrogen) atoms. The van der Waals surface area contributed by atoms with Gasteiger partial charge in [0.05, 0.1) is 22.7 Å². The molecule has 0 aliphatic rings. The average molecular weight is 465 g/mol. The predicted octanol–water partition coefficient (Wildman–Crippen LogP) is 6.80. The van der Waals surface area contributed by atoms with Gasteiger partial charge >= 0.3 is 6.18 Å². The van der Waals surface area contributed by atoms with Crippen LogP contribution in [0.3, 0.4) is 0 Å². The van der Waals surface area contributed by atoms with Gasteiger partial charge in [0.25, 0.3) is 5.56 Å². The molecule has 0 radical (unpaired) electrons. The van der Waals surface area contributed by atoms with Crippen LogP contribution in [-0.4, -0.2) is 4.57 Å². The summed E-state index contributed by atoms with van der Waals surface area (Å²) >= 11 is 1.31. The first-order valence-corrected chi connectivity index (χ1v) is 11.0. The predicted molar refractivity (Wildman–Crippen MR) is 124 cm³/mol. The van der Waals surface area contributed by atoms with Gasteiger partial charge in [0.15, 0.2) is 0 Å². The van der Waals surface area contributed by atoms with E-state index in [1.165, 1.54) is 22.0 Å². The van der Waals surface area contributed by atoms with E-state index in [2.05, 4.69) is 0 Å². The lowest BCUT2D eigenvalue weighted by molar-refractivity contribution is -0.137. The van der Waals surface area contributed by atoms with E-state index in [9.17, 15) is 23.2 Å². The average Bonchev–Trinajstić information content (AvgIpc) is 3.25. The van der Waals surface area contributed by atoms with Crippen LogP contribution in [0.1, 0.15) is 27.8 Å². The molecule has 2 aromatic heterocycles. The second kappa shape index (κ2) is 8.72. The topological polar surface area (TPSA) is 45.8 Å². The maximum atomic E-state index is 13.7. The molecular weight excluding hydrogens is 445 g/mol. The minimum atomic E-state index is -4.82. The Labute approximate surface area is 193 Å². The zero-order valence-electron chi connectivity index (χ0n) is 17.9. The molecule has 0 unspecified atom stereocenters. The zero-order chi connectivity index (χ0) is 23.8. The van der Waals surface area contributed by atoms with E-state index in [1.807, 2.05) is 68.4 Å². The molecule has 2 heterocycles.